The van der Waals surface area contributed by atoms with Crippen LogP contribution >= 0.6 is 0 Å². The van der Waals surface area contributed by atoms with Gasteiger partial charge >= 0.3 is 6.18 Å². The third-order valence-corrected chi connectivity index (χ3v) is 5.34. The maximum absolute atomic E-state index is 12.5. The molecule has 118 valence electrons. The van der Waals surface area contributed by atoms with Crippen molar-refractivity contribution in [2.45, 2.75) is 24.0 Å². The van der Waals surface area contributed by atoms with Crippen molar-refractivity contribution < 1.29 is 26.1 Å². The molecular formula is C13H11F3N2O3S. The van der Waals surface area contributed by atoms with Gasteiger partial charge in [-0.15, -0.1) is 0 Å². The van der Waals surface area contributed by atoms with Crippen molar-refractivity contribution >= 4 is 10.0 Å². The molecule has 0 aliphatic carbocycles. The summed E-state index contributed by atoms with van der Waals surface area (Å²) in [7, 11) is -3.85. The predicted molar refractivity (Wildman–Crippen MR) is 69.2 cm³/mol. The summed E-state index contributed by atoms with van der Waals surface area (Å²) >= 11 is 0. The minimum Gasteiger partial charge on any atom is -0.361 e. The van der Waals surface area contributed by atoms with Crippen LogP contribution in [-0.4, -0.2) is 24.4 Å². The summed E-state index contributed by atoms with van der Waals surface area (Å²) in [5.41, 5.74) is -0.215. The van der Waals surface area contributed by atoms with Crippen LogP contribution in [0.3, 0.4) is 0 Å². The second-order valence-corrected chi connectivity index (χ2v) is 6.82. The Balaban J connectivity index is 1.88. The summed E-state index contributed by atoms with van der Waals surface area (Å²) in [4.78, 5) is -0.166. The van der Waals surface area contributed by atoms with E-state index in [-0.39, 0.29) is 18.0 Å². The Bertz CT molecular complexity index is 782. The summed E-state index contributed by atoms with van der Waals surface area (Å²) in [6.07, 6.45) is -2.66. The van der Waals surface area contributed by atoms with Crippen molar-refractivity contribution in [1.82, 2.24) is 9.46 Å². The van der Waals surface area contributed by atoms with Crippen LogP contribution in [0.25, 0.3) is 0 Å². The summed E-state index contributed by atoms with van der Waals surface area (Å²) in [6, 6.07) is 3.48. The van der Waals surface area contributed by atoms with Crippen molar-refractivity contribution in [2.75, 3.05) is 6.54 Å². The van der Waals surface area contributed by atoms with E-state index in [9.17, 15) is 21.6 Å². The molecule has 0 bridgehead atoms. The van der Waals surface area contributed by atoms with Gasteiger partial charge in [0, 0.05) is 25.1 Å². The molecule has 0 amide bonds. The molecule has 2 aromatic rings. The zero-order valence-electron chi connectivity index (χ0n) is 11.2. The monoisotopic (exact) mass is 332 g/mol. The first kappa shape index (κ1) is 15.0. The zero-order chi connectivity index (χ0) is 16.0. The largest absolute Gasteiger partial charge is 0.416 e. The van der Waals surface area contributed by atoms with Gasteiger partial charge in [-0.3, -0.25) is 0 Å². The molecule has 0 fully saturated rings. The second kappa shape index (κ2) is 5.10. The van der Waals surface area contributed by atoms with Crippen LogP contribution < -0.4 is 0 Å². The third kappa shape index (κ3) is 2.61. The van der Waals surface area contributed by atoms with E-state index in [1.165, 1.54) is 10.5 Å². The Morgan fingerprint density at radius 2 is 1.86 bits per heavy atom. The number of hydrogen-bond donors (Lipinski definition) is 0. The lowest BCUT2D eigenvalue weighted by Gasteiger charge is -2.25. The number of benzene rings is 1. The van der Waals surface area contributed by atoms with Crippen molar-refractivity contribution in [2.24, 2.45) is 0 Å². The van der Waals surface area contributed by atoms with E-state index in [2.05, 4.69) is 5.16 Å². The summed E-state index contributed by atoms with van der Waals surface area (Å²) in [5.74, 6) is 0.638. The van der Waals surface area contributed by atoms with E-state index >= 15 is 0 Å². The number of halogens is 3. The quantitative estimate of drug-likeness (QED) is 0.847. The van der Waals surface area contributed by atoms with E-state index < -0.39 is 21.8 Å². The zero-order valence-corrected chi connectivity index (χ0v) is 12.0. The van der Waals surface area contributed by atoms with Gasteiger partial charge in [0.2, 0.25) is 10.0 Å². The molecule has 2 heterocycles. The fourth-order valence-corrected chi connectivity index (χ4v) is 3.70. The SMILES string of the molecule is O=S(=O)(c1ccc(C(F)(F)F)cc1)N1CCc2oncc2C1. The molecule has 0 saturated carbocycles. The van der Waals surface area contributed by atoms with Crippen molar-refractivity contribution in [3.63, 3.8) is 0 Å². The molecule has 22 heavy (non-hydrogen) atoms. The van der Waals surface area contributed by atoms with Gasteiger partial charge in [-0.05, 0) is 24.3 Å². The first-order chi connectivity index (χ1) is 10.3. The first-order valence-corrected chi connectivity index (χ1v) is 7.82. The molecule has 0 spiro atoms. The molecule has 0 saturated heterocycles. The van der Waals surface area contributed by atoms with E-state index in [0.29, 0.717) is 17.7 Å². The van der Waals surface area contributed by atoms with Gasteiger partial charge in [-0.25, -0.2) is 8.42 Å². The molecule has 1 aliphatic heterocycles. The van der Waals surface area contributed by atoms with Gasteiger partial charge in [-0.1, -0.05) is 5.16 Å². The Kier molecular flexibility index (Phi) is 3.48. The van der Waals surface area contributed by atoms with Crippen LogP contribution in [0.1, 0.15) is 16.9 Å². The Morgan fingerprint density at radius 1 is 1.18 bits per heavy atom. The minimum absolute atomic E-state index is 0.0994. The van der Waals surface area contributed by atoms with E-state index in [0.717, 1.165) is 24.3 Å². The molecule has 5 nitrogen and oxygen atoms in total. The number of nitrogens with zero attached hydrogens (tertiary/aromatic N) is 2. The first-order valence-electron chi connectivity index (χ1n) is 6.38. The lowest BCUT2D eigenvalue weighted by molar-refractivity contribution is -0.137. The molecule has 1 aromatic carbocycles. The second-order valence-electron chi connectivity index (χ2n) is 4.88. The fraction of sp³-hybridized carbons (Fsp3) is 0.308. The van der Waals surface area contributed by atoms with Crippen LogP contribution in [0.4, 0.5) is 13.2 Å². The smallest absolute Gasteiger partial charge is 0.361 e. The molecule has 0 atom stereocenters. The average Bonchev–Trinajstić information content (AvgIpc) is 2.94. The Labute approximate surface area is 124 Å². The molecule has 9 heteroatoms. The topological polar surface area (TPSA) is 63.4 Å². The Morgan fingerprint density at radius 3 is 2.50 bits per heavy atom. The summed E-state index contributed by atoms with van der Waals surface area (Å²) < 4.78 is 68.7. The molecule has 3 rings (SSSR count). The maximum atomic E-state index is 12.5. The average molecular weight is 332 g/mol. The molecular weight excluding hydrogens is 321 g/mol. The normalized spacial score (nSPS) is 16.5. The minimum atomic E-state index is -4.50. The van der Waals surface area contributed by atoms with E-state index in [4.69, 9.17) is 4.52 Å². The van der Waals surface area contributed by atoms with Crippen LogP contribution in [0.2, 0.25) is 0 Å². The van der Waals surface area contributed by atoms with Gasteiger partial charge in [-0.2, -0.15) is 17.5 Å². The number of hydrogen-bond acceptors (Lipinski definition) is 4. The standard InChI is InChI=1S/C13H11F3N2O3S/c14-13(15,16)10-1-3-11(4-2-10)22(19,20)18-6-5-12-9(8-18)7-17-21-12/h1-4,7H,5-6,8H2. The molecule has 1 aromatic heterocycles. The van der Waals surface area contributed by atoms with Gasteiger partial charge in [0.25, 0.3) is 0 Å². The van der Waals surface area contributed by atoms with Crippen LogP contribution in [-0.2, 0) is 29.2 Å². The van der Waals surface area contributed by atoms with E-state index in [1.54, 1.807) is 0 Å². The number of rotatable bonds is 2. The summed E-state index contributed by atoms with van der Waals surface area (Å²) in [6.45, 7) is 0.299. The molecule has 0 radical (unpaired) electrons. The fourth-order valence-electron chi connectivity index (χ4n) is 2.28. The van der Waals surface area contributed by atoms with Crippen molar-refractivity contribution in [3.8, 4) is 0 Å². The lowest BCUT2D eigenvalue weighted by atomic mass is 10.1. The highest BCUT2D eigenvalue weighted by Crippen LogP contribution is 2.31. The predicted octanol–water partition coefficient (Wildman–Crippen LogP) is 2.44. The number of fused-ring (bicyclic) bond motifs is 1. The molecule has 0 N–H and O–H groups in total. The third-order valence-electron chi connectivity index (χ3n) is 3.48. The highest BCUT2D eigenvalue weighted by atomic mass is 32.2. The van der Waals surface area contributed by atoms with Gasteiger partial charge in [0.15, 0.2) is 0 Å². The van der Waals surface area contributed by atoms with Crippen molar-refractivity contribution in [3.05, 3.63) is 47.3 Å². The highest BCUT2D eigenvalue weighted by Gasteiger charge is 2.33. The molecule has 0 unspecified atom stereocenters. The van der Waals surface area contributed by atoms with Gasteiger partial charge in [0.1, 0.15) is 5.76 Å². The van der Waals surface area contributed by atoms with Gasteiger partial charge in [0.05, 0.1) is 16.7 Å². The van der Waals surface area contributed by atoms with Gasteiger partial charge < -0.3 is 4.52 Å². The number of aromatic nitrogens is 1. The number of alkyl halides is 3. The van der Waals surface area contributed by atoms with E-state index in [1.807, 2.05) is 0 Å². The number of sulfonamides is 1. The maximum Gasteiger partial charge on any atom is 0.416 e. The molecule has 1 aliphatic rings. The van der Waals surface area contributed by atoms with Crippen LogP contribution in [0, 0.1) is 0 Å². The Hall–Kier alpha value is -1.87. The highest BCUT2D eigenvalue weighted by molar-refractivity contribution is 7.89. The van der Waals surface area contributed by atoms with Crippen LogP contribution in [0.5, 0.6) is 0 Å². The van der Waals surface area contributed by atoms with Crippen LogP contribution in [0.15, 0.2) is 39.9 Å². The van der Waals surface area contributed by atoms with Crippen molar-refractivity contribution in [1.29, 1.82) is 0 Å². The lowest BCUT2D eigenvalue weighted by Crippen LogP contribution is -2.35. The summed E-state index contributed by atoms with van der Waals surface area (Å²) in [5, 5.41) is 3.61.